The zero-order chi connectivity index (χ0) is 20.5. The van der Waals surface area contributed by atoms with Gasteiger partial charge in [0.25, 0.3) is 0 Å². The number of carbonyl (C=O) groups excluding carboxylic acids is 1. The second-order valence-electron chi connectivity index (χ2n) is 6.93. The van der Waals surface area contributed by atoms with Crippen LogP contribution in [0.4, 0.5) is 4.39 Å². The van der Waals surface area contributed by atoms with Gasteiger partial charge in [0, 0.05) is 30.5 Å². The second kappa shape index (κ2) is 11.3. The van der Waals surface area contributed by atoms with Crippen molar-refractivity contribution in [2.75, 3.05) is 39.5 Å². The quantitative estimate of drug-likeness (QED) is 0.571. The Morgan fingerprint density at radius 1 is 1.14 bits per heavy atom. The van der Waals surface area contributed by atoms with E-state index in [1.54, 1.807) is 12.1 Å². The van der Waals surface area contributed by atoms with Crippen LogP contribution in [-0.4, -0.2) is 50.3 Å². The molecule has 1 unspecified atom stereocenters. The van der Waals surface area contributed by atoms with Gasteiger partial charge in [0.1, 0.15) is 11.6 Å². The number of rotatable bonds is 9. The summed E-state index contributed by atoms with van der Waals surface area (Å²) in [6.07, 6.45) is 1.04. The van der Waals surface area contributed by atoms with Crippen LogP contribution in [0.15, 0.2) is 53.0 Å². The van der Waals surface area contributed by atoms with E-state index in [2.05, 4.69) is 26.1 Å². The highest BCUT2D eigenvalue weighted by atomic mass is 79.9. The number of nitrogens with one attached hydrogen (secondary N) is 1. The summed E-state index contributed by atoms with van der Waals surface area (Å²) in [5.74, 6) is 0.520. The van der Waals surface area contributed by atoms with Crippen molar-refractivity contribution in [3.8, 4) is 5.75 Å². The predicted octanol–water partition coefficient (Wildman–Crippen LogP) is 3.94. The van der Waals surface area contributed by atoms with Gasteiger partial charge in [0.2, 0.25) is 5.91 Å². The molecule has 1 heterocycles. The van der Waals surface area contributed by atoms with Crippen molar-refractivity contribution in [3.63, 3.8) is 0 Å². The van der Waals surface area contributed by atoms with E-state index in [-0.39, 0.29) is 17.8 Å². The molecule has 2 aromatic rings. The molecule has 1 saturated heterocycles. The van der Waals surface area contributed by atoms with Gasteiger partial charge >= 0.3 is 0 Å². The lowest BCUT2D eigenvalue weighted by Crippen LogP contribution is -2.43. The third-order valence-electron chi connectivity index (χ3n) is 4.86. The highest BCUT2D eigenvalue weighted by Crippen LogP contribution is 2.22. The Hall–Kier alpha value is -1.96. The lowest BCUT2D eigenvalue weighted by atomic mass is 10.0. The monoisotopic (exact) mass is 464 g/mol. The van der Waals surface area contributed by atoms with E-state index in [0.717, 1.165) is 28.9 Å². The molecular formula is C22H26BrFN2O3. The van der Waals surface area contributed by atoms with E-state index < -0.39 is 0 Å². The van der Waals surface area contributed by atoms with E-state index >= 15 is 0 Å². The largest absolute Gasteiger partial charge is 0.494 e. The average Bonchev–Trinajstić information content (AvgIpc) is 2.75. The summed E-state index contributed by atoms with van der Waals surface area (Å²) >= 11 is 3.39. The third kappa shape index (κ3) is 7.10. The summed E-state index contributed by atoms with van der Waals surface area (Å²) in [4.78, 5) is 14.6. The minimum Gasteiger partial charge on any atom is -0.494 e. The van der Waals surface area contributed by atoms with Gasteiger partial charge in [-0.2, -0.15) is 0 Å². The Balaban J connectivity index is 1.45. The highest BCUT2D eigenvalue weighted by Gasteiger charge is 2.23. The van der Waals surface area contributed by atoms with Gasteiger partial charge in [-0.25, -0.2) is 4.39 Å². The molecule has 0 spiro atoms. The number of hydrogen-bond donors (Lipinski definition) is 1. The van der Waals surface area contributed by atoms with Gasteiger partial charge in [-0.15, -0.1) is 0 Å². The van der Waals surface area contributed by atoms with Crippen molar-refractivity contribution >= 4 is 21.8 Å². The van der Waals surface area contributed by atoms with Crippen LogP contribution in [0.2, 0.25) is 0 Å². The van der Waals surface area contributed by atoms with Crippen LogP contribution in [0, 0.1) is 5.82 Å². The molecule has 1 aliphatic rings. The maximum Gasteiger partial charge on any atom is 0.220 e. The third-order valence-corrected chi connectivity index (χ3v) is 5.39. The van der Waals surface area contributed by atoms with Crippen LogP contribution >= 0.6 is 15.9 Å². The van der Waals surface area contributed by atoms with Crippen molar-refractivity contribution in [2.45, 2.75) is 18.9 Å². The molecule has 1 atom stereocenters. The van der Waals surface area contributed by atoms with Gasteiger partial charge < -0.3 is 14.8 Å². The van der Waals surface area contributed by atoms with Crippen LogP contribution in [0.3, 0.4) is 0 Å². The molecule has 0 radical (unpaired) electrons. The summed E-state index contributed by atoms with van der Waals surface area (Å²) in [5.41, 5.74) is 0.993. The first-order valence-electron chi connectivity index (χ1n) is 9.84. The molecule has 1 aliphatic heterocycles. The van der Waals surface area contributed by atoms with Crippen molar-refractivity contribution in [3.05, 3.63) is 64.4 Å². The Labute approximate surface area is 179 Å². The summed E-state index contributed by atoms with van der Waals surface area (Å²) in [6, 6.07) is 14.1. The molecule has 0 aromatic heterocycles. The number of morpholine rings is 1. The normalized spacial score (nSPS) is 15.7. The number of benzene rings is 2. The molecule has 5 nitrogen and oxygen atoms in total. The molecule has 2 aromatic carbocycles. The van der Waals surface area contributed by atoms with Crippen LogP contribution in [-0.2, 0) is 9.53 Å². The fourth-order valence-electron chi connectivity index (χ4n) is 3.28. The second-order valence-corrected chi connectivity index (χ2v) is 7.84. The first-order valence-corrected chi connectivity index (χ1v) is 10.6. The zero-order valence-electron chi connectivity index (χ0n) is 16.3. The standard InChI is InChI=1S/C22H26BrFN2O3/c23-18-5-9-20(10-6-18)29-13-1-2-22(27)25-16-21(26-11-14-28-15-12-26)17-3-7-19(24)8-4-17/h3-10,21H,1-2,11-16H2,(H,25,27). The van der Waals surface area contributed by atoms with Gasteiger partial charge in [0.15, 0.2) is 0 Å². The van der Waals surface area contributed by atoms with Crippen LogP contribution in [0.1, 0.15) is 24.4 Å². The zero-order valence-corrected chi connectivity index (χ0v) is 17.9. The fraction of sp³-hybridized carbons (Fsp3) is 0.409. The molecule has 1 fully saturated rings. The van der Waals surface area contributed by atoms with Crippen LogP contribution in [0.5, 0.6) is 5.75 Å². The van der Waals surface area contributed by atoms with Gasteiger partial charge in [-0.05, 0) is 48.4 Å². The van der Waals surface area contributed by atoms with Crippen molar-refractivity contribution in [1.82, 2.24) is 10.2 Å². The number of ether oxygens (including phenoxy) is 2. The van der Waals surface area contributed by atoms with Crippen molar-refractivity contribution < 1.29 is 18.7 Å². The van der Waals surface area contributed by atoms with Gasteiger partial charge in [0.05, 0.1) is 25.9 Å². The number of carbonyl (C=O) groups is 1. The topological polar surface area (TPSA) is 50.8 Å². The van der Waals surface area contributed by atoms with Crippen molar-refractivity contribution in [1.29, 1.82) is 0 Å². The average molecular weight is 465 g/mol. The van der Waals surface area contributed by atoms with Gasteiger partial charge in [-0.3, -0.25) is 9.69 Å². The molecule has 1 amide bonds. The Kier molecular flexibility index (Phi) is 8.46. The molecule has 3 rings (SSSR count). The summed E-state index contributed by atoms with van der Waals surface area (Å²) in [5, 5.41) is 3.02. The molecule has 156 valence electrons. The summed E-state index contributed by atoms with van der Waals surface area (Å²) in [7, 11) is 0. The Bertz CT molecular complexity index is 765. The molecule has 0 bridgehead atoms. The molecule has 29 heavy (non-hydrogen) atoms. The maximum atomic E-state index is 13.3. The molecule has 0 aliphatic carbocycles. The minimum absolute atomic E-state index is 0.00228. The lowest BCUT2D eigenvalue weighted by molar-refractivity contribution is -0.121. The first-order chi connectivity index (χ1) is 14.1. The summed E-state index contributed by atoms with van der Waals surface area (Å²) in [6.45, 7) is 3.88. The van der Waals surface area contributed by atoms with E-state index in [9.17, 15) is 9.18 Å². The van der Waals surface area contributed by atoms with E-state index in [4.69, 9.17) is 9.47 Å². The predicted molar refractivity (Wildman–Crippen MR) is 113 cm³/mol. The molecule has 0 saturated carbocycles. The number of hydrogen-bond acceptors (Lipinski definition) is 4. The highest BCUT2D eigenvalue weighted by molar-refractivity contribution is 9.10. The fourth-order valence-corrected chi connectivity index (χ4v) is 3.55. The SMILES string of the molecule is O=C(CCCOc1ccc(Br)cc1)NCC(c1ccc(F)cc1)N1CCOCC1. The van der Waals surface area contributed by atoms with E-state index in [0.29, 0.717) is 39.2 Å². The number of nitrogens with zero attached hydrogens (tertiary/aromatic N) is 1. The maximum absolute atomic E-state index is 13.3. The first kappa shape index (κ1) is 21.7. The summed E-state index contributed by atoms with van der Waals surface area (Å²) < 4.78 is 25.4. The van der Waals surface area contributed by atoms with Gasteiger partial charge in [-0.1, -0.05) is 28.1 Å². The Morgan fingerprint density at radius 2 is 1.83 bits per heavy atom. The van der Waals surface area contributed by atoms with E-state index in [1.165, 1.54) is 12.1 Å². The number of halogens is 2. The number of amides is 1. The van der Waals surface area contributed by atoms with Crippen LogP contribution in [0.25, 0.3) is 0 Å². The lowest BCUT2D eigenvalue weighted by Gasteiger charge is -2.35. The molecule has 1 N–H and O–H groups in total. The smallest absolute Gasteiger partial charge is 0.220 e. The van der Waals surface area contributed by atoms with Crippen molar-refractivity contribution in [2.24, 2.45) is 0 Å². The minimum atomic E-state index is -0.260. The molecule has 7 heteroatoms. The molecular weight excluding hydrogens is 439 g/mol. The van der Waals surface area contributed by atoms with E-state index in [1.807, 2.05) is 24.3 Å². The Morgan fingerprint density at radius 3 is 2.52 bits per heavy atom. The van der Waals surface area contributed by atoms with Crippen LogP contribution < -0.4 is 10.1 Å².